The molecule has 1 heterocycles. The predicted molar refractivity (Wildman–Crippen MR) is 130 cm³/mol. The lowest BCUT2D eigenvalue weighted by atomic mass is 9.95. The Bertz CT molecular complexity index is 1350. The Morgan fingerprint density at radius 2 is 1.71 bits per heavy atom. The molecule has 10 heteroatoms. The first-order chi connectivity index (χ1) is 16.3. The summed E-state index contributed by atoms with van der Waals surface area (Å²) in [6, 6.07) is 12.3. The number of halogens is 3. The van der Waals surface area contributed by atoms with Gasteiger partial charge in [-0.15, -0.1) is 0 Å². The Kier molecular flexibility index (Phi) is 6.91. The summed E-state index contributed by atoms with van der Waals surface area (Å²) in [5.74, 6) is -1.63. The molecule has 34 heavy (non-hydrogen) atoms. The number of nitrogens with zero attached hydrogens (tertiary/aromatic N) is 1. The van der Waals surface area contributed by atoms with Crippen LogP contribution >= 0.6 is 34.8 Å². The van der Waals surface area contributed by atoms with E-state index >= 15 is 0 Å². The van der Waals surface area contributed by atoms with Crippen LogP contribution in [0.4, 0.5) is 5.69 Å². The van der Waals surface area contributed by atoms with Crippen LogP contribution in [0, 0.1) is 0 Å². The van der Waals surface area contributed by atoms with Crippen LogP contribution < -0.4 is 4.90 Å². The lowest BCUT2D eigenvalue weighted by molar-refractivity contribution is -0.140. The molecule has 0 amide bonds. The highest BCUT2D eigenvalue weighted by molar-refractivity contribution is 6.50. The van der Waals surface area contributed by atoms with Crippen molar-refractivity contribution in [2.45, 2.75) is 0 Å². The van der Waals surface area contributed by atoms with Crippen LogP contribution in [0.3, 0.4) is 0 Å². The van der Waals surface area contributed by atoms with Crippen LogP contribution in [0.2, 0.25) is 15.1 Å². The minimum absolute atomic E-state index is 0.00683. The highest BCUT2D eigenvalue weighted by Crippen LogP contribution is 2.50. The van der Waals surface area contributed by atoms with Crippen molar-refractivity contribution in [1.82, 2.24) is 0 Å². The molecule has 1 N–H and O–H groups in total. The Balaban J connectivity index is 2.10. The molecule has 0 aliphatic carbocycles. The van der Waals surface area contributed by atoms with Crippen molar-refractivity contribution in [2.24, 2.45) is 0 Å². The maximum absolute atomic E-state index is 12.8. The largest absolute Gasteiger partial charge is 0.507 e. The number of carbonyl (C=O) groups is 2. The molecule has 1 aliphatic heterocycles. The summed E-state index contributed by atoms with van der Waals surface area (Å²) in [5, 5.41) is 12.6. The second-order valence-electron chi connectivity index (χ2n) is 7.28. The fraction of sp³-hybridized carbons (Fsp3) is 0.167. The summed E-state index contributed by atoms with van der Waals surface area (Å²) >= 11 is 19.5. The molecule has 176 valence electrons. The van der Waals surface area contributed by atoms with Crippen LogP contribution in [0.15, 0.2) is 53.7 Å². The van der Waals surface area contributed by atoms with E-state index in [1.54, 1.807) is 12.1 Å². The molecule has 0 unspecified atom stereocenters. The van der Waals surface area contributed by atoms with E-state index in [2.05, 4.69) is 0 Å². The van der Waals surface area contributed by atoms with Crippen molar-refractivity contribution < 1.29 is 28.9 Å². The standard InChI is InChI=1S/C24H18Cl3NO6/c1-32-23(30)15-10-34-11-28(22(15)24(31)33-2)21-14(9-16(25)19(26)20(21)27)18-13-6-4-3-5-12(13)7-8-17(18)29/h3-9,29H,10-11H2,1-2H3. The van der Waals surface area contributed by atoms with Gasteiger partial charge in [0, 0.05) is 11.1 Å². The van der Waals surface area contributed by atoms with Crippen LogP contribution in [-0.2, 0) is 23.8 Å². The number of anilines is 1. The minimum Gasteiger partial charge on any atom is -0.507 e. The zero-order valence-electron chi connectivity index (χ0n) is 18.0. The van der Waals surface area contributed by atoms with Gasteiger partial charge in [0.15, 0.2) is 0 Å². The third-order valence-electron chi connectivity index (χ3n) is 5.42. The van der Waals surface area contributed by atoms with Crippen LogP contribution in [0.1, 0.15) is 0 Å². The molecule has 3 aromatic carbocycles. The normalized spacial score (nSPS) is 13.9. The molecule has 0 fully saturated rings. The molecule has 1 aliphatic rings. The first-order valence-electron chi connectivity index (χ1n) is 9.93. The number of esters is 2. The van der Waals surface area contributed by atoms with E-state index in [4.69, 9.17) is 49.0 Å². The van der Waals surface area contributed by atoms with Gasteiger partial charge in [0.05, 0.1) is 47.2 Å². The highest BCUT2D eigenvalue weighted by atomic mass is 35.5. The number of rotatable bonds is 4. The number of fused-ring (bicyclic) bond motifs is 1. The Morgan fingerprint density at radius 3 is 2.41 bits per heavy atom. The Labute approximate surface area is 210 Å². The molecule has 0 saturated carbocycles. The van der Waals surface area contributed by atoms with E-state index in [0.29, 0.717) is 16.5 Å². The molecular weight excluding hydrogens is 505 g/mol. The topological polar surface area (TPSA) is 85.3 Å². The summed E-state index contributed by atoms with van der Waals surface area (Å²) in [5.41, 5.74) is 0.787. The van der Waals surface area contributed by atoms with Crippen molar-refractivity contribution in [3.05, 3.63) is 68.8 Å². The summed E-state index contributed by atoms with van der Waals surface area (Å²) in [6.45, 7) is -0.345. The number of hydrogen-bond acceptors (Lipinski definition) is 7. The van der Waals surface area contributed by atoms with Crippen molar-refractivity contribution in [2.75, 3.05) is 32.5 Å². The summed E-state index contributed by atoms with van der Waals surface area (Å²) in [7, 11) is 2.38. The summed E-state index contributed by atoms with van der Waals surface area (Å²) in [4.78, 5) is 26.6. The van der Waals surface area contributed by atoms with Gasteiger partial charge in [-0.05, 0) is 22.9 Å². The van der Waals surface area contributed by atoms with Crippen molar-refractivity contribution in [3.8, 4) is 16.9 Å². The van der Waals surface area contributed by atoms with Gasteiger partial charge in [0.25, 0.3) is 0 Å². The number of aromatic hydroxyl groups is 1. The van der Waals surface area contributed by atoms with E-state index < -0.39 is 11.9 Å². The van der Waals surface area contributed by atoms with Gasteiger partial charge in [-0.25, -0.2) is 9.59 Å². The Morgan fingerprint density at radius 1 is 1.00 bits per heavy atom. The van der Waals surface area contributed by atoms with E-state index in [1.165, 1.54) is 25.2 Å². The number of phenolic OH excluding ortho intramolecular Hbond substituents is 1. The first kappa shape index (κ1) is 24.2. The molecule has 4 rings (SSSR count). The fourth-order valence-corrected chi connectivity index (χ4v) is 4.60. The van der Waals surface area contributed by atoms with Gasteiger partial charge in [-0.3, -0.25) is 0 Å². The van der Waals surface area contributed by atoms with Gasteiger partial charge in [-0.1, -0.05) is 65.1 Å². The van der Waals surface area contributed by atoms with Gasteiger partial charge < -0.3 is 24.2 Å². The number of hydrogen-bond donors (Lipinski definition) is 1. The van der Waals surface area contributed by atoms with Crippen LogP contribution in [0.5, 0.6) is 5.75 Å². The third kappa shape index (κ3) is 4.05. The lowest BCUT2D eigenvalue weighted by Gasteiger charge is -2.34. The maximum Gasteiger partial charge on any atom is 0.355 e. The minimum atomic E-state index is -0.807. The first-order valence-corrected chi connectivity index (χ1v) is 11.1. The molecule has 0 saturated heterocycles. The van der Waals surface area contributed by atoms with E-state index in [9.17, 15) is 14.7 Å². The van der Waals surface area contributed by atoms with Crippen molar-refractivity contribution in [1.29, 1.82) is 0 Å². The quantitative estimate of drug-likeness (QED) is 0.354. The lowest BCUT2D eigenvalue weighted by Crippen LogP contribution is -2.39. The molecule has 0 radical (unpaired) electrons. The SMILES string of the molecule is COC(=O)C1=C(C(=O)OC)N(c2c(-c3c(O)ccc4ccccc34)cc(Cl)c(Cl)c2Cl)COC1. The molecule has 7 nitrogen and oxygen atoms in total. The number of phenols is 1. The monoisotopic (exact) mass is 521 g/mol. The predicted octanol–water partition coefficient (Wildman–Crippen LogP) is 5.57. The number of carbonyl (C=O) groups excluding carboxylic acids is 2. The van der Waals surface area contributed by atoms with Gasteiger partial charge in [-0.2, -0.15) is 0 Å². The van der Waals surface area contributed by atoms with Crippen molar-refractivity contribution in [3.63, 3.8) is 0 Å². The summed E-state index contributed by atoms with van der Waals surface area (Å²) < 4.78 is 15.4. The molecule has 3 aromatic rings. The van der Waals surface area contributed by atoms with Gasteiger partial charge >= 0.3 is 11.9 Å². The fourth-order valence-electron chi connectivity index (χ4n) is 3.90. The zero-order valence-corrected chi connectivity index (χ0v) is 20.3. The molecule has 0 aromatic heterocycles. The molecular formula is C24H18Cl3NO6. The van der Waals surface area contributed by atoms with E-state index in [-0.39, 0.29) is 51.1 Å². The number of benzene rings is 3. The number of methoxy groups -OCH3 is 2. The van der Waals surface area contributed by atoms with Gasteiger partial charge in [0.2, 0.25) is 0 Å². The molecule has 0 bridgehead atoms. The second-order valence-corrected chi connectivity index (χ2v) is 8.44. The smallest absolute Gasteiger partial charge is 0.355 e. The van der Waals surface area contributed by atoms with Crippen LogP contribution in [0.25, 0.3) is 21.9 Å². The zero-order chi connectivity index (χ0) is 24.6. The maximum atomic E-state index is 12.8. The average Bonchev–Trinajstić information content (AvgIpc) is 2.85. The Hall–Kier alpha value is -2.97. The number of ether oxygens (including phenoxy) is 3. The highest BCUT2D eigenvalue weighted by Gasteiger charge is 2.36. The van der Waals surface area contributed by atoms with E-state index in [0.717, 1.165) is 5.39 Å². The third-order valence-corrected chi connectivity index (χ3v) is 6.67. The van der Waals surface area contributed by atoms with Crippen LogP contribution in [-0.4, -0.2) is 44.6 Å². The van der Waals surface area contributed by atoms with E-state index in [1.807, 2.05) is 24.3 Å². The molecule has 0 spiro atoms. The molecule has 0 atom stereocenters. The van der Waals surface area contributed by atoms with Crippen molar-refractivity contribution >= 4 is 63.2 Å². The van der Waals surface area contributed by atoms with Gasteiger partial charge in [0.1, 0.15) is 18.2 Å². The second kappa shape index (κ2) is 9.72. The average molecular weight is 523 g/mol. The summed E-state index contributed by atoms with van der Waals surface area (Å²) in [6.07, 6.45) is 0.